The van der Waals surface area contributed by atoms with Gasteiger partial charge in [-0.05, 0) is 25.3 Å². The van der Waals surface area contributed by atoms with E-state index < -0.39 is 0 Å². The van der Waals surface area contributed by atoms with Crippen molar-refractivity contribution in [1.29, 1.82) is 0 Å². The number of piperazine rings is 1. The summed E-state index contributed by atoms with van der Waals surface area (Å²) in [6.45, 7) is 7.46. The van der Waals surface area contributed by atoms with E-state index in [2.05, 4.69) is 29.2 Å². The van der Waals surface area contributed by atoms with Gasteiger partial charge in [0, 0.05) is 39.3 Å². The Kier molecular flexibility index (Phi) is 7.23. The number of carbonyl (C=O) groups is 1. The minimum atomic E-state index is -0.385. The van der Waals surface area contributed by atoms with Gasteiger partial charge in [0.1, 0.15) is 6.10 Å². The second kappa shape index (κ2) is 9.86. The average Bonchev–Trinajstić information content (AvgIpc) is 3.20. The van der Waals surface area contributed by atoms with Crippen LogP contribution in [0, 0.1) is 0 Å². The van der Waals surface area contributed by atoms with Crippen molar-refractivity contribution >= 4 is 12.0 Å². The van der Waals surface area contributed by atoms with Gasteiger partial charge in [-0.2, -0.15) is 0 Å². The molecule has 0 aromatic heterocycles. The SMILES string of the molecule is CC(OCC1CCCO1)C(=O)N1CCN(C/C=C/c2ccccc2)CC1. The maximum absolute atomic E-state index is 12.5. The molecule has 5 nitrogen and oxygen atoms in total. The predicted octanol–water partition coefficient (Wildman–Crippen LogP) is 2.43. The van der Waals surface area contributed by atoms with Gasteiger partial charge in [0.25, 0.3) is 5.91 Å². The molecule has 0 aliphatic carbocycles. The van der Waals surface area contributed by atoms with Crippen molar-refractivity contribution in [1.82, 2.24) is 9.80 Å². The Morgan fingerprint density at radius 2 is 2.04 bits per heavy atom. The zero-order valence-corrected chi connectivity index (χ0v) is 15.7. The molecule has 2 aliphatic rings. The molecule has 5 heteroatoms. The summed E-state index contributed by atoms with van der Waals surface area (Å²) in [6, 6.07) is 10.3. The summed E-state index contributed by atoms with van der Waals surface area (Å²) in [5.41, 5.74) is 1.22. The Hall–Kier alpha value is -1.69. The van der Waals surface area contributed by atoms with Gasteiger partial charge in [0.2, 0.25) is 0 Å². The quantitative estimate of drug-likeness (QED) is 0.751. The van der Waals surface area contributed by atoms with E-state index in [1.54, 1.807) is 0 Å². The molecule has 142 valence electrons. The lowest BCUT2D eigenvalue weighted by Crippen LogP contribution is -2.51. The fourth-order valence-electron chi connectivity index (χ4n) is 3.41. The second-order valence-electron chi connectivity index (χ2n) is 7.05. The minimum absolute atomic E-state index is 0.0995. The highest BCUT2D eigenvalue weighted by molar-refractivity contribution is 5.80. The lowest BCUT2D eigenvalue weighted by atomic mass is 10.2. The van der Waals surface area contributed by atoms with Crippen LogP contribution < -0.4 is 0 Å². The molecular weight excluding hydrogens is 328 g/mol. The number of benzene rings is 1. The van der Waals surface area contributed by atoms with E-state index in [1.165, 1.54) is 5.56 Å². The Labute approximate surface area is 156 Å². The number of carbonyl (C=O) groups excluding carboxylic acids is 1. The summed E-state index contributed by atoms with van der Waals surface area (Å²) >= 11 is 0. The summed E-state index contributed by atoms with van der Waals surface area (Å²) in [4.78, 5) is 16.8. The molecule has 0 spiro atoms. The van der Waals surface area contributed by atoms with Crippen LogP contribution in [-0.2, 0) is 14.3 Å². The van der Waals surface area contributed by atoms with E-state index in [1.807, 2.05) is 30.0 Å². The van der Waals surface area contributed by atoms with Crippen LogP contribution in [-0.4, -0.2) is 73.9 Å². The fourth-order valence-corrected chi connectivity index (χ4v) is 3.41. The lowest BCUT2D eigenvalue weighted by molar-refractivity contribution is -0.146. The molecule has 2 aliphatic heterocycles. The van der Waals surface area contributed by atoms with Gasteiger partial charge in [-0.1, -0.05) is 42.5 Å². The summed E-state index contributed by atoms with van der Waals surface area (Å²) in [7, 11) is 0. The molecule has 2 atom stereocenters. The van der Waals surface area contributed by atoms with Crippen LogP contribution in [0.1, 0.15) is 25.3 Å². The molecular formula is C21H30N2O3. The van der Waals surface area contributed by atoms with Gasteiger partial charge in [-0.15, -0.1) is 0 Å². The van der Waals surface area contributed by atoms with Crippen molar-refractivity contribution < 1.29 is 14.3 Å². The first-order valence-electron chi connectivity index (χ1n) is 9.68. The lowest BCUT2D eigenvalue weighted by Gasteiger charge is -2.35. The van der Waals surface area contributed by atoms with Crippen LogP contribution in [0.3, 0.4) is 0 Å². The Morgan fingerprint density at radius 3 is 2.73 bits per heavy atom. The van der Waals surface area contributed by atoms with E-state index in [0.717, 1.165) is 52.2 Å². The number of ether oxygens (including phenoxy) is 2. The number of hydrogen-bond acceptors (Lipinski definition) is 4. The van der Waals surface area contributed by atoms with Crippen molar-refractivity contribution in [2.75, 3.05) is 45.9 Å². The third kappa shape index (κ3) is 5.66. The van der Waals surface area contributed by atoms with Crippen LogP contribution in [0.2, 0.25) is 0 Å². The Morgan fingerprint density at radius 1 is 1.27 bits per heavy atom. The van der Waals surface area contributed by atoms with Gasteiger partial charge >= 0.3 is 0 Å². The number of nitrogens with zero attached hydrogens (tertiary/aromatic N) is 2. The molecule has 0 bridgehead atoms. The Bertz CT molecular complexity index is 576. The number of amides is 1. The van der Waals surface area contributed by atoms with Crippen molar-refractivity contribution in [3.8, 4) is 0 Å². The highest BCUT2D eigenvalue weighted by Gasteiger charge is 2.26. The number of hydrogen-bond donors (Lipinski definition) is 0. The third-order valence-electron chi connectivity index (χ3n) is 5.06. The fraction of sp³-hybridized carbons (Fsp3) is 0.571. The average molecular weight is 358 g/mol. The third-order valence-corrected chi connectivity index (χ3v) is 5.06. The molecule has 1 amide bonds. The van der Waals surface area contributed by atoms with Gasteiger partial charge in [0.15, 0.2) is 0 Å². The van der Waals surface area contributed by atoms with E-state index in [-0.39, 0.29) is 18.1 Å². The van der Waals surface area contributed by atoms with Gasteiger partial charge in [-0.25, -0.2) is 0 Å². The molecule has 2 unspecified atom stereocenters. The van der Waals surface area contributed by atoms with Crippen LogP contribution in [0.5, 0.6) is 0 Å². The highest BCUT2D eigenvalue weighted by atomic mass is 16.5. The van der Waals surface area contributed by atoms with Crippen LogP contribution >= 0.6 is 0 Å². The molecule has 1 aromatic carbocycles. The van der Waals surface area contributed by atoms with Crippen molar-refractivity contribution in [3.05, 3.63) is 42.0 Å². The summed E-state index contributed by atoms with van der Waals surface area (Å²) in [5.74, 6) is 0.0995. The molecule has 2 fully saturated rings. The predicted molar refractivity (Wildman–Crippen MR) is 103 cm³/mol. The summed E-state index contributed by atoms with van der Waals surface area (Å²) in [5, 5.41) is 0. The zero-order chi connectivity index (χ0) is 18.2. The molecule has 0 N–H and O–H groups in total. The van der Waals surface area contributed by atoms with Crippen molar-refractivity contribution in [3.63, 3.8) is 0 Å². The zero-order valence-electron chi connectivity index (χ0n) is 15.7. The van der Waals surface area contributed by atoms with Crippen LogP contribution in [0.15, 0.2) is 36.4 Å². The van der Waals surface area contributed by atoms with E-state index in [9.17, 15) is 4.79 Å². The second-order valence-corrected chi connectivity index (χ2v) is 7.05. The highest BCUT2D eigenvalue weighted by Crippen LogP contribution is 2.14. The van der Waals surface area contributed by atoms with Gasteiger partial charge in [-0.3, -0.25) is 9.69 Å². The molecule has 26 heavy (non-hydrogen) atoms. The normalized spacial score (nSPS) is 22.8. The van der Waals surface area contributed by atoms with Gasteiger partial charge < -0.3 is 14.4 Å². The monoisotopic (exact) mass is 358 g/mol. The van der Waals surface area contributed by atoms with Crippen LogP contribution in [0.4, 0.5) is 0 Å². The molecule has 2 saturated heterocycles. The smallest absolute Gasteiger partial charge is 0.251 e. The molecule has 2 heterocycles. The topological polar surface area (TPSA) is 42.0 Å². The molecule has 3 rings (SSSR count). The molecule has 1 aromatic rings. The standard InChI is InChI=1S/C21H30N2O3/c1-18(26-17-20-10-6-16-25-20)21(24)23-14-12-22(13-15-23)11-5-9-19-7-3-2-4-8-19/h2-5,7-9,18,20H,6,10-17H2,1H3/b9-5+. The van der Waals surface area contributed by atoms with Crippen LogP contribution in [0.25, 0.3) is 6.08 Å². The number of rotatable bonds is 7. The first-order chi connectivity index (χ1) is 12.7. The minimum Gasteiger partial charge on any atom is -0.376 e. The maximum Gasteiger partial charge on any atom is 0.251 e. The van der Waals surface area contributed by atoms with Gasteiger partial charge in [0.05, 0.1) is 12.7 Å². The molecule has 0 saturated carbocycles. The van der Waals surface area contributed by atoms with Crippen molar-refractivity contribution in [2.24, 2.45) is 0 Å². The Balaban J connectivity index is 1.35. The van der Waals surface area contributed by atoms with E-state index in [4.69, 9.17) is 9.47 Å². The first-order valence-corrected chi connectivity index (χ1v) is 9.68. The maximum atomic E-state index is 12.5. The molecule has 0 radical (unpaired) electrons. The van der Waals surface area contributed by atoms with E-state index in [0.29, 0.717) is 6.61 Å². The van der Waals surface area contributed by atoms with E-state index >= 15 is 0 Å². The summed E-state index contributed by atoms with van der Waals surface area (Å²) < 4.78 is 11.3. The largest absolute Gasteiger partial charge is 0.376 e. The summed E-state index contributed by atoms with van der Waals surface area (Å²) in [6.07, 6.45) is 6.26. The van der Waals surface area contributed by atoms with Crippen molar-refractivity contribution in [2.45, 2.75) is 32.0 Å². The first kappa shape index (κ1) is 19.1.